The van der Waals surface area contributed by atoms with Gasteiger partial charge in [-0.1, -0.05) is 6.07 Å². The predicted octanol–water partition coefficient (Wildman–Crippen LogP) is 3.29. The van der Waals surface area contributed by atoms with Crippen LogP contribution < -0.4 is 19.7 Å². The highest BCUT2D eigenvalue weighted by atomic mass is 32.1. The van der Waals surface area contributed by atoms with E-state index in [0.717, 1.165) is 22.9 Å². The molecule has 0 aliphatic carbocycles. The van der Waals surface area contributed by atoms with Crippen molar-refractivity contribution < 1.29 is 14.3 Å². The summed E-state index contributed by atoms with van der Waals surface area (Å²) in [7, 11) is 3.57. The van der Waals surface area contributed by atoms with E-state index in [9.17, 15) is 4.79 Å². The van der Waals surface area contributed by atoms with E-state index in [0.29, 0.717) is 17.9 Å². The molecule has 1 aliphatic rings. The molecule has 0 unspecified atom stereocenters. The first-order valence-electron chi connectivity index (χ1n) is 7.82. The topological polar surface area (TPSA) is 50.8 Å². The molecule has 0 bridgehead atoms. The largest absolute Gasteiger partial charge is 0.496 e. The quantitative estimate of drug-likeness (QED) is 0.923. The Balaban J connectivity index is 1.88. The molecular weight excluding hydrogens is 324 g/mol. The van der Waals surface area contributed by atoms with Crippen molar-refractivity contribution in [1.82, 2.24) is 5.32 Å². The van der Waals surface area contributed by atoms with Gasteiger partial charge in [0.25, 0.3) is 5.91 Å². The third-order valence-electron chi connectivity index (χ3n) is 3.94. The molecule has 3 rings (SSSR count). The summed E-state index contributed by atoms with van der Waals surface area (Å²) in [6.07, 6.45) is 0. The van der Waals surface area contributed by atoms with Gasteiger partial charge in [0.1, 0.15) is 17.1 Å². The van der Waals surface area contributed by atoms with Gasteiger partial charge in [0, 0.05) is 18.0 Å². The number of likely N-dealkylation sites (N-methyl/N-ethyl adjacent to an activating group) is 1. The fourth-order valence-corrected chi connectivity index (χ4v) is 3.58. The van der Waals surface area contributed by atoms with E-state index >= 15 is 0 Å². The number of hydrogen-bond donors (Lipinski definition) is 1. The lowest BCUT2D eigenvalue weighted by Gasteiger charge is -2.39. The smallest absolute Gasteiger partial charge is 0.255 e. The number of fused-ring (bicyclic) bond motifs is 1. The molecule has 1 aromatic heterocycles. The van der Waals surface area contributed by atoms with Gasteiger partial charge >= 0.3 is 0 Å². The first-order chi connectivity index (χ1) is 11.4. The Bertz CT molecular complexity index is 741. The third kappa shape index (κ3) is 3.33. The molecule has 5 nitrogen and oxygen atoms in total. The van der Waals surface area contributed by atoms with Gasteiger partial charge in [-0.25, -0.2) is 0 Å². The zero-order valence-corrected chi connectivity index (χ0v) is 15.2. The molecule has 0 radical (unpaired) electrons. The number of methoxy groups -OCH3 is 1. The van der Waals surface area contributed by atoms with E-state index in [1.54, 1.807) is 24.5 Å². The minimum atomic E-state index is -0.282. The monoisotopic (exact) mass is 346 g/mol. The maximum absolute atomic E-state index is 12.6. The fourth-order valence-electron chi connectivity index (χ4n) is 2.94. The van der Waals surface area contributed by atoms with Crippen LogP contribution in [0.2, 0.25) is 0 Å². The van der Waals surface area contributed by atoms with Crippen molar-refractivity contribution >= 4 is 22.9 Å². The lowest BCUT2D eigenvalue weighted by Crippen LogP contribution is -2.45. The molecule has 1 aromatic carbocycles. The maximum atomic E-state index is 12.6. The van der Waals surface area contributed by atoms with E-state index in [2.05, 4.69) is 10.2 Å². The van der Waals surface area contributed by atoms with E-state index in [4.69, 9.17) is 9.47 Å². The van der Waals surface area contributed by atoms with Crippen LogP contribution in [0.1, 0.15) is 29.1 Å². The average Bonchev–Trinajstić information content (AvgIpc) is 3.03. The first-order valence-corrected chi connectivity index (χ1v) is 8.70. The van der Waals surface area contributed by atoms with Crippen LogP contribution in [-0.4, -0.2) is 32.2 Å². The maximum Gasteiger partial charge on any atom is 0.255 e. The second kappa shape index (κ2) is 6.36. The van der Waals surface area contributed by atoms with Crippen LogP contribution in [0.4, 0.5) is 5.69 Å². The Labute approximate surface area is 146 Å². The molecule has 128 valence electrons. The third-order valence-corrected chi connectivity index (χ3v) is 4.82. The SMILES string of the molecule is COc1cc2c(cc1C(=O)NCc1cccs1)N(C)CC(C)(C)O2. The average molecular weight is 346 g/mol. The minimum absolute atomic E-state index is 0.152. The summed E-state index contributed by atoms with van der Waals surface area (Å²) >= 11 is 1.62. The number of amides is 1. The lowest BCUT2D eigenvalue weighted by atomic mass is 10.0. The van der Waals surface area contributed by atoms with Crippen molar-refractivity contribution in [1.29, 1.82) is 0 Å². The number of carbonyl (C=O) groups excluding carboxylic acids is 1. The molecule has 0 saturated carbocycles. The number of nitrogens with zero attached hydrogens (tertiary/aromatic N) is 1. The summed E-state index contributed by atoms with van der Waals surface area (Å²) in [5.41, 5.74) is 1.13. The molecule has 2 aromatic rings. The van der Waals surface area contributed by atoms with Gasteiger partial charge in [-0.15, -0.1) is 11.3 Å². The number of benzene rings is 1. The van der Waals surface area contributed by atoms with E-state index in [-0.39, 0.29) is 11.5 Å². The van der Waals surface area contributed by atoms with Gasteiger partial charge in [-0.2, -0.15) is 0 Å². The number of anilines is 1. The Morgan fingerprint density at radius 3 is 2.92 bits per heavy atom. The van der Waals surface area contributed by atoms with Crippen molar-refractivity contribution in [3.63, 3.8) is 0 Å². The highest BCUT2D eigenvalue weighted by Crippen LogP contribution is 2.40. The van der Waals surface area contributed by atoms with Gasteiger partial charge in [0.15, 0.2) is 0 Å². The van der Waals surface area contributed by atoms with Gasteiger partial charge in [-0.05, 0) is 31.4 Å². The van der Waals surface area contributed by atoms with Crippen molar-refractivity contribution in [2.75, 3.05) is 25.6 Å². The number of thiophene rings is 1. The fraction of sp³-hybridized carbons (Fsp3) is 0.389. The summed E-state index contributed by atoms with van der Waals surface area (Å²) in [4.78, 5) is 15.8. The van der Waals surface area contributed by atoms with Crippen LogP contribution in [0.3, 0.4) is 0 Å². The molecule has 1 N–H and O–H groups in total. The summed E-state index contributed by atoms with van der Waals surface area (Å²) in [5, 5.41) is 4.94. The Morgan fingerprint density at radius 2 is 2.25 bits per heavy atom. The standard InChI is InChI=1S/C18H22N2O3S/c1-18(2)11-20(3)14-8-13(15(22-4)9-16(14)23-18)17(21)19-10-12-6-5-7-24-12/h5-9H,10-11H2,1-4H3,(H,19,21). The van der Waals surface area contributed by atoms with E-state index < -0.39 is 0 Å². The molecular formula is C18H22N2O3S. The van der Waals surface area contributed by atoms with Crippen molar-refractivity contribution in [2.24, 2.45) is 0 Å². The molecule has 1 aliphatic heterocycles. The Hall–Kier alpha value is -2.21. The van der Waals surface area contributed by atoms with Crippen LogP contribution in [0.25, 0.3) is 0 Å². The lowest BCUT2D eigenvalue weighted by molar-refractivity contribution is 0.0946. The second-order valence-electron chi connectivity index (χ2n) is 6.50. The highest BCUT2D eigenvalue weighted by Gasteiger charge is 2.31. The summed E-state index contributed by atoms with van der Waals surface area (Å²) in [6, 6.07) is 7.61. The van der Waals surface area contributed by atoms with Gasteiger partial charge in [0.05, 0.1) is 31.5 Å². The van der Waals surface area contributed by atoms with Crippen LogP contribution in [-0.2, 0) is 6.54 Å². The molecule has 0 spiro atoms. The molecule has 1 amide bonds. The molecule has 24 heavy (non-hydrogen) atoms. The number of ether oxygens (including phenoxy) is 2. The first kappa shape index (κ1) is 16.6. The van der Waals surface area contributed by atoms with Crippen molar-refractivity contribution in [3.05, 3.63) is 40.1 Å². The number of hydrogen-bond acceptors (Lipinski definition) is 5. The van der Waals surface area contributed by atoms with Crippen LogP contribution >= 0.6 is 11.3 Å². The number of nitrogens with one attached hydrogen (secondary N) is 1. The van der Waals surface area contributed by atoms with Gasteiger partial charge in [0.2, 0.25) is 0 Å². The van der Waals surface area contributed by atoms with Crippen LogP contribution in [0.15, 0.2) is 29.6 Å². The summed E-state index contributed by atoms with van der Waals surface area (Å²) < 4.78 is 11.5. The van der Waals surface area contributed by atoms with E-state index in [1.807, 2.05) is 44.5 Å². The summed E-state index contributed by atoms with van der Waals surface area (Å²) in [5.74, 6) is 1.10. The van der Waals surface area contributed by atoms with E-state index in [1.165, 1.54) is 0 Å². The second-order valence-corrected chi connectivity index (χ2v) is 7.53. The Morgan fingerprint density at radius 1 is 1.46 bits per heavy atom. The zero-order chi connectivity index (χ0) is 17.3. The minimum Gasteiger partial charge on any atom is -0.496 e. The molecule has 2 heterocycles. The number of carbonyl (C=O) groups is 1. The van der Waals surface area contributed by atoms with Gasteiger partial charge in [-0.3, -0.25) is 4.79 Å². The van der Waals surface area contributed by atoms with Crippen LogP contribution in [0, 0.1) is 0 Å². The van der Waals surface area contributed by atoms with Crippen LogP contribution in [0.5, 0.6) is 11.5 Å². The Kier molecular flexibility index (Phi) is 4.41. The molecule has 0 fully saturated rings. The predicted molar refractivity (Wildman–Crippen MR) is 96.5 cm³/mol. The molecule has 0 saturated heterocycles. The summed E-state index contributed by atoms with van der Waals surface area (Å²) in [6.45, 7) is 5.35. The van der Waals surface area contributed by atoms with Gasteiger partial charge < -0.3 is 19.7 Å². The normalized spacial score (nSPS) is 15.4. The number of rotatable bonds is 4. The molecule has 6 heteroatoms. The highest BCUT2D eigenvalue weighted by molar-refractivity contribution is 7.09. The van der Waals surface area contributed by atoms with Crippen molar-refractivity contribution in [2.45, 2.75) is 26.0 Å². The molecule has 0 atom stereocenters. The zero-order valence-electron chi connectivity index (χ0n) is 14.4. The van der Waals surface area contributed by atoms with Crippen molar-refractivity contribution in [3.8, 4) is 11.5 Å².